The van der Waals surface area contributed by atoms with Crippen molar-refractivity contribution in [2.24, 2.45) is 5.41 Å². The van der Waals surface area contributed by atoms with E-state index < -0.39 is 5.97 Å². The Hall–Kier alpha value is -1.35. The summed E-state index contributed by atoms with van der Waals surface area (Å²) in [6, 6.07) is 5.61. The Labute approximate surface area is 101 Å². The number of hydrogen-bond donors (Lipinski definition) is 2. The van der Waals surface area contributed by atoms with Crippen molar-refractivity contribution in [3.63, 3.8) is 0 Å². The normalized spacial score (nSPS) is 30.8. The third-order valence-electron chi connectivity index (χ3n) is 4.59. The van der Waals surface area contributed by atoms with Crippen molar-refractivity contribution in [1.82, 2.24) is 5.32 Å². The van der Waals surface area contributed by atoms with E-state index in [0.717, 1.165) is 19.5 Å². The Kier molecular flexibility index (Phi) is 2.26. The minimum Gasteiger partial charge on any atom is -0.478 e. The first kappa shape index (κ1) is 10.8. The van der Waals surface area contributed by atoms with E-state index in [9.17, 15) is 4.79 Å². The molecule has 0 amide bonds. The van der Waals surface area contributed by atoms with Gasteiger partial charge in [0.1, 0.15) is 0 Å². The molecule has 3 rings (SSSR count). The topological polar surface area (TPSA) is 49.3 Å². The maximum atomic E-state index is 11.0. The number of fused-ring (bicyclic) bond motifs is 1. The second-order valence-electron chi connectivity index (χ2n) is 5.41. The SMILES string of the molecule is CC1c2ccc(C(=O)O)cc2C[C@@]12CCNC2. The van der Waals surface area contributed by atoms with Crippen molar-refractivity contribution < 1.29 is 9.90 Å². The van der Waals surface area contributed by atoms with Crippen LogP contribution in [0.3, 0.4) is 0 Å². The monoisotopic (exact) mass is 231 g/mol. The lowest BCUT2D eigenvalue weighted by Gasteiger charge is -2.27. The summed E-state index contributed by atoms with van der Waals surface area (Å²) in [6.45, 7) is 4.43. The molecule has 1 aromatic carbocycles. The van der Waals surface area contributed by atoms with E-state index in [0.29, 0.717) is 16.9 Å². The van der Waals surface area contributed by atoms with Crippen molar-refractivity contribution in [1.29, 1.82) is 0 Å². The molecule has 1 aromatic rings. The van der Waals surface area contributed by atoms with Crippen molar-refractivity contribution in [3.8, 4) is 0 Å². The van der Waals surface area contributed by atoms with E-state index in [4.69, 9.17) is 5.11 Å². The molecule has 0 aromatic heterocycles. The molecule has 3 nitrogen and oxygen atoms in total. The average Bonchev–Trinajstić information content (AvgIpc) is 2.87. The summed E-state index contributed by atoms with van der Waals surface area (Å²) in [5.74, 6) is -0.290. The predicted molar refractivity (Wildman–Crippen MR) is 65.4 cm³/mol. The number of carboxylic acid groups (broad SMARTS) is 1. The highest BCUT2D eigenvalue weighted by atomic mass is 16.4. The Morgan fingerprint density at radius 1 is 1.53 bits per heavy atom. The number of hydrogen-bond acceptors (Lipinski definition) is 2. The van der Waals surface area contributed by atoms with E-state index in [1.807, 2.05) is 12.1 Å². The van der Waals surface area contributed by atoms with E-state index in [2.05, 4.69) is 12.2 Å². The molecule has 0 saturated carbocycles. The summed E-state index contributed by atoms with van der Waals surface area (Å²) in [5.41, 5.74) is 3.33. The van der Waals surface area contributed by atoms with Crippen molar-refractivity contribution in [3.05, 3.63) is 34.9 Å². The van der Waals surface area contributed by atoms with Crippen molar-refractivity contribution in [2.45, 2.75) is 25.7 Å². The summed E-state index contributed by atoms with van der Waals surface area (Å²) >= 11 is 0. The summed E-state index contributed by atoms with van der Waals surface area (Å²) < 4.78 is 0. The average molecular weight is 231 g/mol. The number of carboxylic acids is 1. The molecule has 3 heteroatoms. The van der Waals surface area contributed by atoms with Crippen LogP contribution in [0.2, 0.25) is 0 Å². The molecule has 1 spiro atoms. The highest BCUT2D eigenvalue weighted by molar-refractivity contribution is 5.88. The van der Waals surface area contributed by atoms with Crippen LogP contribution in [0.1, 0.15) is 40.7 Å². The summed E-state index contributed by atoms with van der Waals surface area (Å²) in [6.07, 6.45) is 2.23. The molecule has 0 radical (unpaired) electrons. The van der Waals surface area contributed by atoms with Gasteiger partial charge in [-0.15, -0.1) is 0 Å². The number of nitrogens with one attached hydrogen (secondary N) is 1. The Morgan fingerprint density at radius 2 is 2.35 bits per heavy atom. The molecule has 2 aliphatic rings. The molecule has 1 aliphatic heterocycles. The number of rotatable bonds is 1. The molecular formula is C14H17NO2. The minimum atomic E-state index is -0.828. The van der Waals surface area contributed by atoms with Crippen molar-refractivity contribution in [2.75, 3.05) is 13.1 Å². The van der Waals surface area contributed by atoms with E-state index in [1.165, 1.54) is 17.5 Å². The van der Waals surface area contributed by atoms with Gasteiger partial charge in [0.05, 0.1) is 5.56 Å². The number of aromatic carboxylic acids is 1. The predicted octanol–water partition coefficient (Wildman–Crippen LogP) is 2.02. The molecule has 1 fully saturated rings. The van der Waals surface area contributed by atoms with Gasteiger partial charge in [-0.1, -0.05) is 13.0 Å². The highest BCUT2D eigenvalue weighted by Crippen LogP contribution is 2.50. The van der Waals surface area contributed by atoms with Crippen LogP contribution in [0.25, 0.3) is 0 Å². The summed E-state index contributed by atoms with van der Waals surface area (Å²) in [5, 5.41) is 12.5. The lowest BCUT2D eigenvalue weighted by molar-refractivity contribution is 0.0696. The molecule has 0 bridgehead atoms. The van der Waals surface area contributed by atoms with Gasteiger partial charge in [0.15, 0.2) is 0 Å². The molecule has 1 saturated heterocycles. The summed E-state index contributed by atoms with van der Waals surface area (Å²) in [7, 11) is 0. The van der Waals surface area contributed by atoms with Crippen molar-refractivity contribution >= 4 is 5.97 Å². The van der Waals surface area contributed by atoms with E-state index >= 15 is 0 Å². The zero-order valence-electron chi connectivity index (χ0n) is 9.99. The van der Waals surface area contributed by atoms with Crippen LogP contribution < -0.4 is 5.32 Å². The lowest BCUT2D eigenvalue weighted by atomic mass is 9.76. The first-order valence-corrected chi connectivity index (χ1v) is 6.19. The quantitative estimate of drug-likeness (QED) is 0.777. The maximum absolute atomic E-state index is 11.0. The first-order chi connectivity index (χ1) is 8.12. The number of benzene rings is 1. The molecule has 1 heterocycles. The van der Waals surface area contributed by atoms with Gasteiger partial charge in [0, 0.05) is 6.54 Å². The van der Waals surface area contributed by atoms with Crippen LogP contribution >= 0.6 is 0 Å². The lowest BCUT2D eigenvalue weighted by Crippen LogP contribution is -2.27. The maximum Gasteiger partial charge on any atom is 0.335 e. The Balaban J connectivity index is 2.01. The van der Waals surface area contributed by atoms with Crippen LogP contribution in [0, 0.1) is 5.41 Å². The van der Waals surface area contributed by atoms with Gasteiger partial charge in [-0.2, -0.15) is 0 Å². The van der Waals surface area contributed by atoms with Gasteiger partial charge in [0.2, 0.25) is 0 Å². The highest BCUT2D eigenvalue weighted by Gasteiger charge is 2.45. The van der Waals surface area contributed by atoms with Gasteiger partial charge < -0.3 is 10.4 Å². The zero-order valence-corrected chi connectivity index (χ0v) is 9.99. The van der Waals surface area contributed by atoms with Crippen LogP contribution in [-0.2, 0) is 6.42 Å². The fourth-order valence-corrected chi connectivity index (χ4v) is 3.46. The molecule has 90 valence electrons. The Morgan fingerprint density at radius 3 is 3.00 bits per heavy atom. The van der Waals surface area contributed by atoms with Gasteiger partial charge >= 0.3 is 5.97 Å². The van der Waals surface area contributed by atoms with Gasteiger partial charge in [-0.3, -0.25) is 0 Å². The molecule has 2 atom stereocenters. The molecular weight excluding hydrogens is 214 g/mol. The van der Waals surface area contributed by atoms with Gasteiger partial charge in [-0.05, 0) is 54.0 Å². The third-order valence-corrected chi connectivity index (χ3v) is 4.59. The van der Waals surface area contributed by atoms with E-state index in [1.54, 1.807) is 6.07 Å². The zero-order chi connectivity index (χ0) is 12.0. The third kappa shape index (κ3) is 1.49. The molecule has 1 aliphatic carbocycles. The summed E-state index contributed by atoms with van der Waals surface area (Å²) in [4.78, 5) is 11.0. The van der Waals surface area contributed by atoms with Crippen LogP contribution in [0.15, 0.2) is 18.2 Å². The first-order valence-electron chi connectivity index (χ1n) is 6.19. The second kappa shape index (κ2) is 3.57. The minimum absolute atomic E-state index is 0.333. The van der Waals surface area contributed by atoms with E-state index in [-0.39, 0.29) is 0 Å². The van der Waals surface area contributed by atoms with Gasteiger partial charge in [-0.25, -0.2) is 4.79 Å². The molecule has 1 unspecified atom stereocenters. The van der Waals surface area contributed by atoms with Crippen LogP contribution in [0.5, 0.6) is 0 Å². The molecule has 17 heavy (non-hydrogen) atoms. The second-order valence-corrected chi connectivity index (χ2v) is 5.41. The standard InChI is InChI=1S/C14H17NO2/c1-9-12-3-2-10(13(16)17)6-11(12)7-14(9)4-5-15-8-14/h2-3,6,9,15H,4-5,7-8H2,1H3,(H,16,17)/t9?,14-/m1/s1. The van der Waals surface area contributed by atoms with Crippen LogP contribution in [-0.4, -0.2) is 24.2 Å². The largest absolute Gasteiger partial charge is 0.478 e. The Bertz CT molecular complexity index is 475. The smallest absolute Gasteiger partial charge is 0.335 e. The van der Waals surface area contributed by atoms with Gasteiger partial charge in [0.25, 0.3) is 0 Å². The fraction of sp³-hybridized carbons (Fsp3) is 0.500. The fourth-order valence-electron chi connectivity index (χ4n) is 3.46. The number of carbonyl (C=O) groups is 1. The van der Waals surface area contributed by atoms with Crippen LogP contribution in [0.4, 0.5) is 0 Å². The molecule has 2 N–H and O–H groups in total.